The van der Waals surface area contributed by atoms with Crippen molar-refractivity contribution in [1.82, 2.24) is 0 Å². The zero-order valence-corrected chi connectivity index (χ0v) is 12.0. The van der Waals surface area contributed by atoms with E-state index in [9.17, 15) is 0 Å². The van der Waals surface area contributed by atoms with Crippen molar-refractivity contribution in [3.8, 4) is 0 Å². The lowest BCUT2D eigenvalue weighted by Crippen LogP contribution is -2.40. The summed E-state index contributed by atoms with van der Waals surface area (Å²) >= 11 is 0. The zero-order chi connectivity index (χ0) is 13.7. The van der Waals surface area contributed by atoms with Gasteiger partial charge in [-0.1, -0.05) is 98.4 Å². The summed E-state index contributed by atoms with van der Waals surface area (Å²) in [7, 11) is 0. The smallest absolute Gasteiger partial charge is 0.109 e. The first-order valence-corrected chi connectivity index (χ1v) is 6.85. The molecule has 0 saturated heterocycles. The van der Waals surface area contributed by atoms with E-state index in [1.54, 1.807) is 0 Å². The van der Waals surface area contributed by atoms with Crippen LogP contribution in [0.3, 0.4) is 0 Å². The fourth-order valence-electron chi connectivity index (χ4n) is 2.12. The molecule has 0 amide bonds. The van der Waals surface area contributed by atoms with Crippen molar-refractivity contribution in [2.75, 3.05) is 0 Å². The SMILES string of the molecule is CC(C)(C)/C=C/B(c1ccccc1)c1ccccc1. The van der Waals surface area contributed by atoms with Gasteiger partial charge in [-0.05, 0) is 5.41 Å². The molecule has 2 aromatic rings. The molecule has 1 heteroatoms. The molecule has 19 heavy (non-hydrogen) atoms. The lowest BCUT2D eigenvalue weighted by atomic mass is 9.40. The van der Waals surface area contributed by atoms with E-state index in [1.165, 1.54) is 10.9 Å². The summed E-state index contributed by atoms with van der Waals surface area (Å²) in [6, 6.07) is 21.4. The molecule has 0 heterocycles. The van der Waals surface area contributed by atoms with Gasteiger partial charge >= 0.3 is 0 Å². The van der Waals surface area contributed by atoms with Crippen LogP contribution >= 0.6 is 0 Å². The van der Waals surface area contributed by atoms with E-state index in [4.69, 9.17) is 0 Å². The molecule has 0 aliphatic rings. The Kier molecular flexibility index (Phi) is 4.26. The summed E-state index contributed by atoms with van der Waals surface area (Å²) in [5.74, 6) is 2.32. The van der Waals surface area contributed by atoms with Gasteiger partial charge in [0.25, 0.3) is 0 Å². The minimum atomic E-state index is 0.210. The van der Waals surface area contributed by atoms with Gasteiger partial charge in [0.15, 0.2) is 0 Å². The molecule has 0 N–H and O–H groups in total. The second kappa shape index (κ2) is 5.92. The number of hydrogen-bond acceptors (Lipinski definition) is 0. The van der Waals surface area contributed by atoms with E-state index in [-0.39, 0.29) is 5.41 Å². The Morgan fingerprint density at radius 1 is 0.737 bits per heavy atom. The maximum Gasteiger partial charge on any atom is 0.233 e. The fourth-order valence-corrected chi connectivity index (χ4v) is 2.12. The summed E-state index contributed by atoms with van der Waals surface area (Å²) in [6.45, 7) is 7.03. The van der Waals surface area contributed by atoms with Gasteiger partial charge in [-0.15, -0.1) is 5.98 Å². The Labute approximate surface area is 117 Å². The van der Waals surface area contributed by atoms with Gasteiger partial charge in [0.05, 0.1) is 0 Å². The molecule has 96 valence electrons. The predicted molar refractivity (Wildman–Crippen MR) is 86.5 cm³/mol. The minimum absolute atomic E-state index is 0.210. The first-order chi connectivity index (χ1) is 9.06. The molecular weight excluding hydrogens is 227 g/mol. The Hall–Kier alpha value is -1.76. The summed E-state index contributed by atoms with van der Waals surface area (Å²) < 4.78 is 0. The van der Waals surface area contributed by atoms with Gasteiger partial charge in [0, 0.05) is 0 Å². The first-order valence-electron chi connectivity index (χ1n) is 6.85. The summed E-state index contributed by atoms with van der Waals surface area (Å²) in [5.41, 5.74) is 2.89. The number of allylic oxidation sites excluding steroid dienone is 1. The highest BCUT2D eigenvalue weighted by Crippen LogP contribution is 2.14. The summed E-state index contributed by atoms with van der Waals surface area (Å²) in [5, 5.41) is 0. The Morgan fingerprint density at radius 2 is 1.16 bits per heavy atom. The molecule has 0 aliphatic heterocycles. The predicted octanol–water partition coefficient (Wildman–Crippen LogP) is 3.44. The zero-order valence-electron chi connectivity index (χ0n) is 12.0. The molecule has 0 saturated carbocycles. The molecule has 0 fully saturated rings. The van der Waals surface area contributed by atoms with Crippen LogP contribution in [0.2, 0.25) is 0 Å². The quantitative estimate of drug-likeness (QED) is 0.730. The van der Waals surface area contributed by atoms with Crippen molar-refractivity contribution in [2.45, 2.75) is 20.8 Å². The number of hydrogen-bond donors (Lipinski definition) is 0. The molecule has 0 spiro atoms. The molecule has 0 radical (unpaired) electrons. The van der Waals surface area contributed by atoms with E-state index in [1.807, 2.05) is 0 Å². The monoisotopic (exact) mass is 248 g/mol. The lowest BCUT2D eigenvalue weighted by molar-refractivity contribution is 0.545. The van der Waals surface area contributed by atoms with E-state index < -0.39 is 0 Å². The average Bonchev–Trinajstić information content (AvgIpc) is 2.40. The standard InChI is InChI=1S/C18H21B/c1-18(2,3)14-15-19(16-10-6-4-7-11-16)17-12-8-5-9-13-17/h4-15H,1-3H3/b15-14+. The van der Waals surface area contributed by atoms with Crippen molar-refractivity contribution < 1.29 is 0 Å². The van der Waals surface area contributed by atoms with Crippen molar-refractivity contribution >= 4 is 17.6 Å². The minimum Gasteiger partial charge on any atom is -0.109 e. The molecule has 0 atom stereocenters. The van der Waals surface area contributed by atoms with E-state index >= 15 is 0 Å². The highest BCUT2D eigenvalue weighted by molar-refractivity contribution is 6.89. The van der Waals surface area contributed by atoms with Gasteiger partial charge in [0.1, 0.15) is 0 Å². The number of rotatable bonds is 3. The van der Waals surface area contributed by atoms with E-state index in [2.05, 4.69) is 93.5 Å². The van der Waals surface area contributed by atoms with Crippen molar-refractivity contribution in [3.63, 3.8) is 0 Å². The maximum atomic E-state index is 2.32. The second-order valence-electron chi connectivity index (χ2n) is 6.02. The molecule has 2 aromatic carbocycles. The highest BCUT2D eigenvalue weighted by Gasteiger charge is 2.16. The third-order valence-electron chi connectivity index (χ3n) is 3.11. The highest BCUT2D eigenvalue weighted by atomic mass is 14.1. The molecular formula is C18H21B. The van der Waals surface area contributed by atoms with Gasteiger partial charge in [0.2, 0.25) is 6.71 Å². The van der Waals surface area contributed by atoms with Crippen LogP contribution in [0.5, 0.6) is 0 Å². The van der Waals surface area contributed by atoms with Gasteiger partial charge in [-0.2, -0.15) is 0 Å². The molecule has 2 rings (SSSR count). The van der Waals surface area contributed by atoms with Crippen LogP contribution in [0.4, 0.5) is 0 Å². The van der Waals surface area contributed by atoms with Gasteiger partial charge < -0.3 is 0 Å². The van der Waals surface area contributed by atoms with Crippen LogP contribution in [-0.2, 0) is 0 Å². The normalized spacial score (nSPS) is 11.7. The second-order valence-corrected chi connectivity index (χ2v) is 6.02. The van der Waals surface area contributed by atoms with Gasteiger partial charge in [-0.3, -0.25) is 0 Å². The van der Waals surface area contributed by atoms with Crippen LogP contribution in [0.25, 0.3) is 0 Å². The molecule has 0 aromatic heterocycles. The van der Waals surface area contributed by atoms with E-state index in [0.717, 1.165) is 0 Å². The molecule has 0 bridgehead atoms. The average molecular weight is 248 g/mol. The third-order valence-corrected chi connectivity index (χ3v) is 3.11. The van der Waals surface area contributed by atoms with Crippen LogP contribution < -0.4 is 10.9 Å². The Bertz CT molecular complexity index is 481. The molecule has 0 aliphatic carbocycles. The van der Waals surface area contributed by atoms with E-state index in [0.29, 0.717) is 6.71 Å². The Morgan fingerprint density at radius 3 is 1.53 bits per heavy atom. The molecule has 0 nitrogen and oxygen atoms in total. The van der Waals surface area contributed by atoms with Crippen molar-refractivity contribution in [1.29, 1.82) is 0 Å². The first kappa shape index (κ1) is 13.7. The van der Waals surface area contributed by atoms with Gasteiger partial charge in [-0.25, -0.2) is 0 Å². The lowest BCUT2D eigenvalue weighted by Gasteiger charge is -2.15. The van der Waals surface area contributed by atoms with Crippen LogP contribution in [0, 0.1) is 5.41 Å². The largest absolute Gasteiger partial charge is 0.233 e. The van der Waals surface area contributed by atoms with Crippen LogP contribution in [0.1, 0.15) is 20.8 Å². The Balaban J connectivity index is 2.38. The topological polar surface area (TPSA) is 0 Å². The number of benzene rings is 2. The fraction of sp³-hybridized carbons (Fsp3) is 0.222. The van der Waals surface area contributed by atoms with Crippen LogP contribution in [0.15, 0.2) is 72.7 Å². The summed E-state index contributed by atoms with van der Waals surface area (Å²) in [4.78, 5) is 0. The summed E-state index contributed by atoms with van der Waals surface area (Å²) in [6.07, 6.45) is 2.30. The maximum absolute atomic E-state index is 2.32. The third kappa shape index (κ3) is 4.13. The van der Waals surface area contributed by atoms with Crippen LogP contribution in [-0.4, -0.2) is 6.71 Å². The van der Waals surface area contributed by atoms with Crippen molar-refractivity contribution in [2.24, 2.45) is 5.41 Å². The van der Waals surface area contributed by atoms with Crippen molar-refractivity contribution in [3.05, 3.63) is 72.7 Å². The molecule has 0 unspecified atom stereocenters.